The van der Waals surface area contributed by atoms with Crippen molar-refractivity contribution in [1.82, 2.24) is 0 Å². The van der Waals surface area contributed by atoms with Crippen LogP contribution in [0.2, 0.25) is 0 Å². The Labute approximate surface area is 111 Å². The van der Waals surface area contributed by atoms with Gasteiger partial charge in [0.1, 0.15) is 5.75 Å². The van der Waals surface area contributed by atoms with E-state index in [9.17, 15) is 9.90 Å². The molecule has 0 amide bonds. The summed E-state index contributed by atoms with van der Waals surface area (Å²) < 4.78 is 10.1. The Balaban J connectivity index is 2.32. The Morgan fingerprint density at radius 2 is 2.21 bits per heavy atom. The van der Waals surface area contributed by atoms with Gasteiger partial charge >= 0.3 is 5.97 Å². The third-order valence-corrected chi connectivity index (χ3v) is 2.85. The summed E-state index contributed by atoms with van der Waals surface area (Å²) in [5.74, 6) is -0.337. The second-order valence-electron chi connectivity index (χ2n) is 4.18. The number of rotatable bonds is 5. The van der Waals surface area contributed by atoms with Gasteiger partial charge in [0.2, 0.25) is 0 Å². The van der Waals surface area contributed by atoms with Gasteiger partial charge in [0.25, 0.3) is 0 Å². The summed E-state index contributed by atoms with van der Waals surface area (Å²) >= 11 is 0. The van der Waals surface area contributed by atoms with Crippen LogP contribution in [-0.4, -0.2) is 25.2 Å². The molecule has 19 heavy (non-hydrogen) atoms. The number of carbonyl (C=O) groups is 1. The van der Waals surface area contributed by atoms with Crippen LogP contribution in [0.25, 0.3) is 0 Å². The molecule has 1 heterocycles. The molecule has 0 atom stereocenters. The second kappa shape index (κ2) is 5.48. The number of furan rings is 1. The Morgan fingerprint density at radius 1 is 1.42 bits per heavy atom. The molecule has 0 spiro atoms. The smallest absolute Gasteiger partial charge is 0.337 e. The lowest BCUT2D eigenvalue weighted by molar-refractivity contribution is 0.0697. The number of benzene rings is 1. The van der Waals surface area contributed by atoms with Crippen LogP contribution >= 0.6 is 0 Å². The molecular weight excluding hydrogens is 246 g/mol. The number of carboxylic acid groups (broad SMARTS) is 1. The first-order chi connectivity index (χ1) is 9.11. The number of methoxy groups -OCH3 is 1. The van der Waals surface area contributed by atoms with Crippen molar-refractivity contribution in [2.45, 2.75) is 6.54 Å². The van der Waals surface area contributed by atoms with E-state index in [0.29, 0.717) is 18.0 Å². The number of hydrogen-bond acceptors (Lipinski definition) is 4. The number of aromatic carboxylic acids is 1. The van der Waals surface area contributed by atoms with Crippen molar-refractivity contribution in [2.24, 2.45) is 0 Å². The average molecular weight is 261 g/mol. The Hall–Kier alpha value is -2.43. The van der Waals surface area contributed by atoms with Crippen LogP contribution in [-0.2, 0) is 6.54 Å². The minimum Gasteiger partial charge on any atom is -0.497 e. The fraction of sp³-hybridized carbons (Fsp3) is 0.214. The van der Waals surface area contributed by atoms with E-state index in [1.807, 2.05) is 18.0 Å². The van der Waals surface area contributed by atoms with Gasteiger partial charge in [-0.15, -0.1) is 0 Å². The van der Waals surface area contributed by atoms with E-state index in [2.05, 4.69) is 0 Å². The highest BCUT2D eigenvalue weighted by Crippen LogP contribution is 2.26. The number of carboxylic acids is 1. The third-order valence-electron chi connectivity index (χ3n) is 2.85. The molecule has 0 aliphatic carbocycles. The van der Waals surface area contributed by atoms with E-state index in [1.54, 1.807) is 37.8 Å². The zero-order chi connectivity index (χ0) is 13.8. The predicted octanol–water partition coefficient (Wildman–Crippen LogP) is 2.62. The van der Waals surface area contributed by atoms with Crippen molar-refractivity contribution >= 4 is 11.7 Å². The minimum atomic E-state index is -0.961. The number of hydrogen-bond donors (Lipinski definition) is 1. The number of ether oxygens (including phenoxy) is 1. The lowest BCUT2D eigenvalue weighted by Crippen LogP contribution is -2.19. The SMILES string of the molecule is COc1ccc(C(=O)O)c(N(C)Cc2ccoc2)c1. The van der Waals surface area contributed by atoms with E-state index in [1.165, 1.54) is 0 Å². The molecule has 2 rings (SSSR count). The second-order valence-corrected chi connectivity index (χ2v) is 4.18. The highest BCUT2D eigenvalue weighted by atomic mass is 16.5. The average Bonchev–Trinajstić information content (AvgIpc) is 2.90. The molecule has 100 valence electrons. The summed E-state index contributed by atoms with van der Waals surface area (Å²) in [6.45, 7) is 0.559. The first kappa shape index (κ1) is 13.0. The van der Waals surface area contributed by atoms with Gasteiger partial charge in [0.05, 0.1) is 30.9 Å². The Morgan fingerprint density at radius 3 is 2.79 bits per heavy atom. The molecule has 0 aliphatic heterocycles. The summed E-state index contributed by atoms with van der Waals surface area (Å²) in [4.78, 5) is 13.1. The van der Waals surface area contributed by atoms with Gasteiger partial charge in [-0.25, -0.2) is 4.79 Å². The first-order valence-corrected chi connectivity index (χ1v) is 5.75. The molecule has 0 saturated heterocycles. The van der Waals surface area contributed by atoms with Gasteiger partial charge in [0, 0.05) is 25.2 Å². The molecule has 1 aromatic heterocycles. The molecule has 0 fully saturated rings. The largest absolute Gasteiger partial charge is 0.497 e. The maximum Gasteiger partial charge on any atom is 0.337 e. The van der Waals surface area contributed by atoms with Gasteiger partial charge in [-0.3, -0.25) is 0 Å². The molecule has 1 N–H and O–H groups in total. The van der Waals surface area contributed by atoms with Crippen molar-refractivity contribution in [3.63, 3.8) is 0 Å². The van der Waals surface area contributed by atoms with Crippen LogP contribution in [0, 0.1) is 0 Å². The van der Waals surface area contributed by atoms with Crippen LogP contribution in [0.5, 0.6) is 5.75 Å². The summed E-state index contributed by atoms with van der Waals surface area (Å²) in [5.41, 5.74) is 1.82. The van der Waals surface area contributed by atoms with Crippen LogP contribution < -0.4 is 9.64 Å². The van der Waals surface area contributed by atoms with Crippen LogP contribution in [0.15, 0.2) is 41.2 Å². The minimum absolute atomic E-state index is 0.242. The summed E-state index contributed by atoms with van der Waals surface area (Å²) in [6.07, 6.45) is 3.23. The van der Waals surface area contributed by atoms with Crippen molar-refractivity contribution in [1.29, 1.82) is 0 Å². The van der Waals surface area contributed by atoms with E-state index < -0.39 is 5.97 Å². The molecule has 0 radical (unpaired) electrons. The summed E-state index contributed by atoms with van der Waals surface area (Å²) in [7, 11) is 3.38. The maximum atomic E-state index is 11.2. The van der Waals surface area contributed by atoms with Crippen LogP contribution in [0.4, 0.5) is 5.69 Å². The van der Waals surface area contributed by atoms with Crippen LogP contribution in [0.1, 0.15) is 15.9 Å². The molecule has 0 aliphatic rings. The quantitative estimate of drug-likeness (QED) is 0.896. The van der Waals surface area contributed by atoms with Gasteiger partial charge in [0.15, 0.2) is 0 Å². The molecule has 1 aromatic carbocycles. The normalized spacial score (nSPS) is 10.2. The zero-order valence-corrected chi connectivity index (χ0v) is 10.8. The number of nitrogens with zero attached hydrogens (tertiary/aromatic N) is 1. The summed E-state index contributed by atoms with van der Waals surface area (Å²) in [5, 5.41) is 9.22. The van der Waals surface area contributed by atoms with Crippen molar-refractivity contribution in [3.05, 3.63) is 47.9 Å². The molecule has 0 unspecified atom stereocenters. The van der Waals surface area contributed by atoms with Crippen molar-refractivity contribution < 1.29 is 19.1 Å². The molecule has 2 aromatic rings. The van der Waals surface area contributed by atoms with Crippen molar-refractivity contribution in [3.8, 4) is 5.75 Å². The fourth-order valence-electron chi connectivity index (χ4n) is 1.88. The highest BCUT2D eigenvalue weighted by molar-refractivity contribution is 5.94. The molecule has 5 heteroatoms. The maximum absolute atomic E-state index is 11.2. The molecule has 5 nitrogen and oxygen atoms in total. The highest BCUT2D eigenvalue weighted by Gasteiger charge is 2.15. The van der Waals surface area contributed by atoms with Crippen molar-refractivity contribution in [2.75, 3.05) is 19.1 Å². The lowest BCUT2D eigenvalue weighted by Gasteiger charge is -2.21. The van der Waals surface area contributed by atoms with E-state index in [0.717, 1.165) is 5.56 Å². The van der Waals surface area contributed by atoms with Gasteiger partial charge in [-0.2, -0.15) is 0 Å². The third kappa shape index (κ3) is 2.88. The number of anilines is 1. The predicted molar refractivity (Wildman–Crippen MR) is 70.8 cm³/mol. The Kier molecular flexibility index (Phi) is 3.75. The van der Waals surface area contributed by atoms with Gasteiger partial charge < -0.3 is 19.2 Å². The van der Waals surface area contributed by atoms with E-state index in [4.69, 9.17) is 9.15 Å². The standard InChI is InChI=1S/C14H15NO4/c1-15(8-10-5-6-19-9-10)13-7-11(18-2)3-4-12(13)14(16)17/h3-7,9H,8H2,1-2H3,(H,16,17). The zero-order valence-electron chi connectivity index (χ0n) is 10.8. The van der Waals surface area contributed by atoms with E-state index >= 15 is 0 Å². The van der Waals surface area contributed by atoms with Gasteiger partial charge in [-0.05, 0) is 18.2 Å². The molecular formula is C14H15NO4. The molecule has 0 bridgehead atoms. The monoisotopic (exact) mass is 261 g/mol. The fourth-order valence-corrected chi connectivity index (χ4v) is 1.88. The lowest BCUT2D eigenvalue weighted by atomic mass is 10.1. The molecule has 0 saturated carbocycles. The Bertz CT molecular complexity index is 563. The topological polar surface area (TPSA) is 62.9 Å². The summed E-state index contributed by atoms with van der Waals surface area (Å²) in [6, 6.07) is 6.74. The van der Waals surface area contributed by atoms with Gasteiger partial charge in [-0.1, -0.05) is 0 Å². The first-order valence-electron chi connectivity index (χ1n) is 5.75. The van der Waals surface area contributed by atoms with E-state index in [-0.39, 0.29) is 5.56 Å². The van der Waals surface area contributed by atoms with Crippen LogP contribution in [0.3, 0.4) is 0 Å².